The third-order valence-corrected chi connectivity index (χ3v) is 3.30. The van der Waals surface area contributed by atoms with Gasteiger partial charge in [-0.25, -0.2) is 9.59 Å². The van der Waals surface area contributed by atoms with Crippen LogP contribution in [0.4, 0.5) is 0 Å². The number of nitrogens with zero attached hydrogens (tertiary/aromatic N) is 2. The molecule has 0 aliphatic carbocycles. The number of hydrogen-bond donors (Lipinski definition) is 0. The number of carbonyl (C=O) groups is 1. The van der Waals surface area contributed by atoms with Crippen molar-refractivity contribution in [3.8, 4) is 5.88 Å². The molecule has 0 N–H and O–H groups in total. The van der Waals surface area contributed by atoms with E-state index in [1.54, 1.807) is 30.5 Å². The first kappa shape index (κ1) is 17.7. The number of aromatic nitrogens is 2. The monoisotopic (exact) mass is 332 g/mol. The molecule has 0 radical (unpaired) electrons. The molecular weight excluding hydrogens is 312 g/mol. The molecule has 1 heterocycles. The molecule has 2 aromatic rings. The standard InChI is InChI=1S/C17H20N2O5/c1-3-13-11-19(17(21)18-15(13)22-2)12-23-9-10-24-16(20)14-7-5-4-6-8-14/h4-8,11H,3,9-10,12H2,1-2H3. The first-order valence-corrected chi connectivity index (χ1v) is 7.60. The third-order valence-electron chi connectivity index (χ3n) is 3.30. The van der Waals surface area contributed by atoms with Crippen LogP contribution in [0.2, 0.25) is 0 Å². The SMILES string of the molecule is CCc1cn(COCCOC(=O)c2ccccc2)c(=O)nc1OC. The molecule has 7 heteroatoms. The Bertz CT molecular complexity index is 728. The predicted molar refractivity (Wildman–Crippen MR) is 87.1 cm³/mol. The van der Waals surface area contributed by atoms with Crippen molar-refractivity contribution in [2.24, 2.45) is 0 Å². The molecule has 7 nitrogen and oxygen atoms in total. The van der Waals surface area contributed by atoms with Crippen molar-refractivity contribution >= 4 is 5.97 Å². The fourth-order valence-corrected chi connectivity index (χ4v) is 2.05. The Morgan fingerprint density at radius 1 is 1.21 bits per heavy atom. The molecule has 0 saturated carbocycles. The van der Waals surface area contributed by atoms with Crippen molar-refractivity contribution < 1.29 is 19.0 Å². The first-order valence-electron chi connectivity index (χ1n) is 7.60. The molecule has 0 unspecified atom stereocenters. The summed E-state index contributed by atoms with van der Waals surface area (Å²) in [6, 6.07) is 8.71. The second kappa shape index (κ2) is 8.83. The van der Waals surface area contributed by atoms with Gasteiger partial charge in [-0.3, -0.25) is 4.57 Å². The average Bonchev–Trinajstić information content (AvgIpc) is 2.62. The van der Waals surface area contributed by atoms with E-state index in [1.165, 1.54) is 11.7 Å². The predicted octanol–water partition coefficient (Wildman–Crippen LogP) is 1.65. The van der Waals surface area contributed by atoms with Crippen LogP contribution < -0.4 is 10.4 Å². The van der Waals surface area contributed by atoms with Crippen LogP contribution >= 0.6 is 0 Å². The lowest BCUT2D eigenvalue weighted by atomic mass is 10.2. The van der Waals surface area contributed by atoms with Gasteiger partial charge in [0.1, 0.15) is 13.3 Å². The van der Waals surface area contributed by atoms with Gasteiger partial charge in [-0.1, -0.05) is 25.1 Å². The zero-order valence-corrected chi connectivity index (χ0v) is 13.7. The third kappa shape index (κ3) is 4.66. The number of benzene rings is 1. The van der Waals surface area contributed by atoms with E-state index >= 15 is 0 Å². The van der Waals surface area contributed by atoms with E-state index in [1.807, 2.05) is 13.0 Å². The molecule has 0 aliphatic heterocycles. The van der Waals surface area contributed by atoms with Crippen LogP contribution in [0.5, 0.6) is 5.88 Å². The molecule has 24 heavy (non-hydrogen) atoms. The van der Waals surface area contributed by atoms with Gasteiger partial charge < -0.3 is 14.2 Å². The first-order chi connectivity index (χ1) is 11.7. The summed E-state index contributed by atoms with van der Waals surface area (Å²) in [6.45, 7) is 2.26. The van der Waals surface area contributed by atoms with Crippen LogP contribution in [0.15, 0.2) is 41.3 Å². The Kier molecular flexibility index (Phi) is 6.51. The Morgan fingerprint density at radius 3 is 2.62 bits per heavy atom. The molecule has 0 atom stereocenters. The van der Waals surface area contributed by atoms with Crippen LogP contribution in [0, 0.1) is 0 Å². The molecule has 0 amide bonds. The van der Waals surface area contributed by atoms with E-state index in [0.717, 1.165) is 5.56 Å². The summed E-state index contributed by atoms with van der Waals surface area (Å²) < 4.78 is 16.9. The molecule has 1 aromatic carbocycles. The van der Waals surface area contributed by atoms with E-state index in [0.29, 0.717) is 17.9 Å². The number of esters is 1. The number of rotatable bonds is 8. The van der Waals surface area contributed by atoms with Crippen molar-refractivity contribution in [3.63, 3.8) is 0 Å². The van der Waals surface area contributed by atoms with Gasteiger partial charge in [0.05, 0.1) is 19.3 Å². The fraction of sp³-hybridized carbons (Fsp3) is 0.353. The van der Waals surface area contributed by atoms with Crippen LogP contribution in [0.25, 0.3) is 0 Å². The Balaban J connectivity index is 1.80. The number of aryl methyl sites for hydroxylation is 1. The molecule has 0 saturated heterocycles. The van der Waals surface area contributed by atoms with Gasteiger partial charge in [0.25, 0.3) is 0 Å². The summed E-state index contributed by atoms with van der Waals surface area (Å²) in [5.74, 6) is -0.0775. The second-order valence-corrected chi connectivity index (χ2v) is 4.92. The zero-order chi connectivity index (χ0) is 17.4. The summed E-state index contributed by atoms with van der Waals surface area (Å²) in [5, 5.41) is 0. The minimum Gasteiger partial charge on any atom is -0.481 e. The minimum atomic E-state index is -0.453. The van der Waals surface area contributed by atoms with E-state index in [-0.39, 0.29) is 19.9 Å². The summed E-state index contributed by atoms with van der Waals surface area (Å²) in [5.41, 5.74) is 0.849. The van der Waals surface area contributed by atoms with E-state index in [4.69, 9.17) is 14.2 Å². The maximum atomic E-state index is 11.8. The van der Waals surface area contributed by atoms with Gasteiger partial charge in [-0.2, -0.15) is 4.98 Å². The van der Waals surface area contributed by atoms with Crippen LogP contribution in [0.1, 0.15) is 22.8 Å². The molecule has 1 aromatic heterocycles. The van der Waals surface area contributed by atoms with Gasteiger partial charge in [0.15, 0.2) is 0 Å². The highest BCUT2D eigenvalue weighted by molar-refractivity contribution is 5.89. The summed E-state index contributed by atoms with van der Waals surface area (Å²) in [6.07, 6.45) is 2.34. The minimum absolute atomic E-state index is 0.0334. The van der Waals surface area contributed by atoms with Gasteiger partial charge >= 0.3 is 11.7 Å². The van der Waals surface area contributed by atoms with Gasteiger partial charge in [0.2, 0.25) is 5.88 Å². The van der Waals surface area contributed by atoms with Crippen LogP contribution in [-0.2, 0) is 22.6 Å². The van der Waals surface area contributed by atoms with E-state index < -0.39 is 11.7 Å². The van der Waals surface area contributed by atoms with Crippen molar-refractivity contribution in [2.45, 2.75) is 20.1 Å². The van der Waals surface area contributed by atoms with Gasteiger partial charge in [-0.05, 0) is 18.6 Å². The topological polar surface area (TPSA) is 79.7 Å². The lowest BCUT2D eigenvalue weighted by molar-refractivity contribution is 0.0162. The number of ether oxygens (including phenoxy) is 3. The second-order valence-electron chi connectivity index (χ2n) is 4.92. The molecule has 0 spiro atoms. The Hall–Kier alpha value is -2.67. The molecule has 0 bridgehead atoms. The van der Waals surface area contributed by atoms with Crippen molar-refractivity contribution in [1.82, 2.24) is 9.55 Å². The molecule has 2 rings (SSSR count). The van der Waals surface area contributed by atoms with Crippen molar-refractivity contribution in [1.29, 1.82) is 0 Å². The highest BCUT2D eigenvalue weighted by Gasteiger charge is 2.08. The molecular formula is C17H20N2O5. The summed E-state index contributed by atoms with van der Waals surface area (Å²) in [4.78, 5) is 27.4. The molecule has 0 fully saturated rings. The maximum absolute atomic E-state index is 11.8. The number of methoxy groups -OCH3 is 1. The van der Waals surface area contributed by atoms with E-state index in [9.17, 15) is 9.59 Å². The largest absolute Gasteiger partial charge is 0.481 e. The zero-order valence-electron chi connectivity index (χ0n) is 13.7. The fourth-order valence-electron chi connectivity index (χ4n) is 2.05. The van der Waals surface area contributed by atoms with E-state index in [2.05, 4.69) is 4.98 Å². The van der Waals surface area contributed by atoms with Crippen LogP contribution in [0.3, 0.4) is 0 Å². The normalized spacial score (nSPS) is 10.4. The van der Waals surface area contributed by atoms with Crippen molar-refractivity contribution in [3.05, 3.63) is 58.1 Å². The smallest absolute Gasteiger partial charge is 0.352 e. The maximum Gasteiger partial charge on any atom is 0.352 e. The van der Waals surface area contributed by atoms with Gasteiger partial charge in [0, 0.05) is 11.8 Å². The summed E-state index contributed by atoms with van der Waals surface area (Å²) in [7, 11) is 1.48. The number of hydrogen-bond acceptors (Lipinski definition) is 6. The van der Waals surface area contributed by atoms with Gasteiger partial charge in [-0.15, -0.1) is 0 Å². The highest BCUT2D eigenvalue weighted by atomic mass is 16.6. The Morgan fingerprint density at radius 2 is 1.96 bits per heavy atom. The van der Waals surface area contributed by atoms with Crippen molar-refractivity contribution in [2.75, 3.05) is 20.3 Å². The Labute approximate surface area is 139 Å². The van der Waals surface area contributed by atoms with Crippen LogP contribution in [-0.4, -0.2) is 35.8 Å². The average molecular weight is 332 g/mol. The molecule has 0 aliphatic rings. The lowest BCUT2D eigenvalue weighted by Gasteiger charge is -2.11. The highest BCUT2D eigenvalue weighted by Crippen LogP contribution is 2.12. The summed E-state index contributed by atoms with van der Waals surface area (Å²) >= 11 is 0. The quantitative estimate of drug-likeness (QED) is 0.540. The number of carbonyl (C=O) groups excluding carboxylic acids is 1. The molecule has 128 valence electrons. The lowest BCUT2D eigenvalue weighted by Crippen LogP contribution is -2.25.